The topological polar surface area (TPSA) is 60.8 Å². The van der Waals surface area contributed by atoms with Crippen molar-refractivity contribution in [1.82, 2.24) is 4.90 Å². The Balaban J connectivity index is 1.79. The van der Waals surface area contributed by atoms with Crippen molar-refractivity contribution in [1.29, 1.82) is 0 Å². The Bertz CT molecular complexity index is 654. The van der Waals surface area contributed by atoms with Gasteiger partial charge < -0.3 is 15.1 Å². The second-order valence-corrected chi connectivity index (χ2v) is 5.26. The fourth-order valence-electron chi connectivity index (χ4n) is 2.71. The van der Waals surface area contributed by atoms with Crippen LogP contribution in [0, 0.1) is 0 Å². The van der Waals surface area contributed by atoms with Crippen LogP contribution in [-0.2, 0) is 12.8 Å². The van der Waals surface area contributed by atoms with Gasteiger partial charge in [0.15, 0.2) is 11.5 Å². The van der Waals surface area contributed by atoms with Crippen molar-refractivity contribution in [3.8, 4) is 11.5 Å². The van der Waals surface area contributed by atoms with Gasteiger partial charge in [-0.2, -0.15) is 0 Å². The van der Waals surface area contributed by atoms with Crippen LogP contribution in [-0.4, -0.2) is 34.1 Å². The van der Waals surface area contributed by atoms with Gasteiger partial charge in [-0.15, -0.1) is 0 Å². The molecule has 3 rings (SSSR count). The summed E-state index contributed by atoms with van der Waals surface area (Å²) in [5, 5.41) is 18.8. The smallest absolute Gasteiger partial charge is 0.254 e. The maximum atomic E-state index is 12.5. The molecule has 0 unspecified atom stereocenters. The van der Waals surface area contributed by atoms with E-state index in [1.807, 2.05) is 12.1 Å². The standard InChI is InChI=1S/C17H17NO3/c19-15-6-5-14(11-16(15)20)17(21)18-9-7-12-3-1-2-4-13(12)8-10-18/h1-6,11,19-20H,7-10H2. The van der Waals surface area contributed by atoms with Crippen LogP contribution >= 0.6 is 0 Å². The number of aromatic hydroxyl groups is 2. The zero-order chi connectivity index (χ0) is 14.8. The molecule has 0 saturated carbocycles. The van der Waals surface area contributed by atoms with E-state index < -0.39 is 0 Å². The molecule has 0 aromatic heterocycles. The maximum absolute atomic E-state index is 12.5. The average Bonchev–Trinajstić information content (AvgIpc) is 2.72. The molecule has 0 atom stereocenters. The highest BCUT2D eigenvalue weighted by Crippen LogP contribution is 2.26. The van der Waals surface area contributed by atoms with Crippen LogP contribution in [0.4, 0.5) is 0 Å². The van der Waals surface area contributed by atoms with Crippen molar-refractivity contribution in [3.05, 3.63) is 59.2 Å². The molecule has 0 bridgehead atoms. The number of rotatable bonds is 1. The molecule has 1 aliphatic rings. The summed E-state index contributed by atoms with van der Waals surface area (Å²) in [5.41, 5.74) is 2.99. The van der Waals surface area contributed by atoms with Crippen LogP contribution in [0.25, 0.3) is 0 Å². The molecule has 2 aromatic rings. The molecular formula is C17H17NO3. The van der Waals surface area contributed by atoms with E-state index in [9.17, 15) is 15.0 Å². The summed E-state index contributed by atoms with van der Waals surface area (Å²) in [6.45, 7) is 1.33. The summed E-state index contributed by atoms with van der Waals surface area (Å²) in [4.78, 5) is 14.3. The normalized spacial score (nSPS) is 14.4. The first-order chi connectivity index (χ1) is 10.1. The van der Waals surface area contributed by atoms with Gasteiger partial charge in [0.25, 0.3) is 5.91 Å². The van der Waals surface area contributed by atoms with Crippen LogP contribution in [0.5, 0.6) is 11.5 Å². The number of nitrogens with zero attached hydrogens (tertiary/aromatic N) is 1. The van der Waals surface area contributed by atoms with E-state index in [0.29, 0.717) is 18.7 Å². The first-order valence-corrected chi connectivity index (χ1v) is 7.03. The Morgan fingerprint density at radius 3 is 2.10 bits per heavy atom. The van der Waals surface area contributed by atoms with Gasteiger partial charge in [-0.3, -0.25) is 4.79 Å². The Morgan fingerprint density at radius 1 is 0.905 bits per heavy atom. The lowest BCUT2D eigenvalue weighted by molar-refractivity contribution is 0.0762. The third-order valence-electron chi connectivity index (χ3n) is 3.93. The minimum atomic E-state index is -0.265. The molecule has 2 aromatic carbocycles. The Hall–Kier alpha value is -2.49. The third-order valence-corrected chi connectivity index (χ3v) is 3.93. The highest BCUT2D eigenvalue weighted by molar-refractivity contribution is 5.95. The summed E-state index contributed by atoms with van der Waals surface area (Å²) in [6, 6.07) is 12.5. The summed E-state index contributed by atoms with van der Waals surface area (Å²) in [5.74, 6) is -0.591. The quantitative estimate of drug-likeness (QED) is 0.790. The van der Waals surface area contributed by atoms with Crippen molar-refractivity contribution in [2.75, 3.05) is 13.1 Å². The van der Waals surface area contributed by atoms with Gasteiger partial charge in [-0.1, -0.05) is 24.3 Å². The summed E-state index contributed by atoms with van der Waals surface area (Å²) in [6.07, 6.45) is 1.68. The Morgan fingerprint density at radius 2 is 1.52 bits per heavy atom. The van der Waals surface area contributed by atoms with Crippen molar-refractivity contribution < 1.29 is 15.0 Å². The van der Waals surface area contributed by atoms with Crippen LogP contribution in [0.1, 0.15) is 21.5 Å². The van der Waals surface area contributed by atoms with E-state index in [1.165, 1.54) is 29.3 Å². The second-order valence-electron chi connectivity index (χ2n) is 5.26. The molecular weight excluding hydrogens is 266 g/mol. The van der Waals surface area contributed by atoms with Gasteiger partial charge >= 0.3 is 0 Å². The molecule has 0 saturated heterocycles. The highest BCUT2D eigenvalue weighted by atomic mass is 16.3. The maximum Gasteiger partial charge on any atom is 0.254 e. The van der Waals surface area contributed by atoms with Crippen molar-refractivity contribution in [3.63, 3.8) is 0 Å². The zero-order valence-corrected chi connectivity index (χ0v) is 11.6. The third kappa shape index (κ3) is 2.70. The number of benzene rings is 2. The van der Waals surface area contributed by atoms with Crippen LogP contribution in [0.15, 0.2) is 42.5 Å². The zero-order valence-electron chi connectivity index (χ0n) is 11.6. The SMILES string of the molecule is O=C(c1ccc(O)c(O)c1)N1CCc2ccccc2CC1. The molecule has 1 amide bonds. The van der Waals surface area contributed by atoms with Crippen molar-refractivity contribution in [2.45, 2.75) is 12.8 Å². The summed E-state index contributed by atoms with van der Waals surface area (Å²) in [7, 11) is 0. The minimum absolute atomic E-state index is 0.113. The molecule has 1 aliphatic heterocycles. The fraction of sp³-hybridized carbons (Fsp3) is 0.235. The number of phenolic OH excluding ortho intramolecular Hbond substituents is 2. The molecule has 108 valence electrons. The lowest BCUT2D eigenvalue weighted by Crippen LogP contribution is -2.33. The molecule has 2 N–H and O–H groups in total. The predicted molar refractivity (Wildman–Crippen MR) is 79.5 cm³/mol. The average molecular weight is 283 g/mol. The van der Waals surface area contributed by atoms with Gasteiger partial charge in [0.05, 0.1) is 0 Å². The van der Waals surface area contributed by atoms with Gasteiger partial charge in [-0.05, 0) is 42.2 Å². The van der Waals surface area contributed by atoms with Crippen molar-refractivity contribution in [2.24, 2.45) is 0 Å². The second kappa shape index (κ2) is 5.48. The van der Waals surface area contributed by atoms with Crippen LogP contribution in [0.2, 0.25) is 0 Å². The lowest BCUT2D eigenvalue weighted by atomic mass is 10.0. The van der Waals surface area contributed by atoms with Gasteiger partial charge in [0.2, 0.25) is 0 Å². The van der Waals surface area contributed by atoms with Crippen LogP contribution < -0.4 is 0 Å². The fourth-order valence-corrected chi connectivity index (χ4v) is 2.71. The first kappa shape index (κ1) is 13.5. The number of phenols is 2. The van der Waals surface area contributed by atoms with Gasteiger partial charge in [-0.25, -0.2) is 0 Å². The number of amides is 1. The van der Waals surface area contributed by atoms with E-state index in [1.54, 1.807) is 4.90 Å². The molecule has 0 radical (unpaired) electrons. The number of hydrogen-bond acceptors (Lipinski definition) is 3. The monoisotopic (exact) mass is 283 g/mol. The van der Waals surface area contributed by atoms with E-state index in [2.05, 4.69) is 12.1 Å². The molecule has 21 heavy (non-hydrogen) atoms. The van der Waals surface area contributed by atoms with E-state index >= 15 is 0 Å². The molecule has 0 aliphatic carbocycles. The molecule has 0 spiro atoms. The summed E-state index contributed by atoms with van der Waals surface area (Å²) < 4.78 is 0. The molecule has 0 fully saturated rings. The first-order valence-electron chi connectivity index (χ1n) is 7.03. The molecule has 4 heteroatoms. The highest BCUT2D eigenvalue weighted by Gasteiger charge is 2.20. The number of hydrogen-bond donors (Lipinski definition) is 2. The van der Waals surface area contributed by atoms with E-state index in [-0.39, 0.29) is 17.4 Å². The lowest BCUT2D eigenvalue weighted by Gasteiger charge is -2.20. The predicted octanol–water partition coefficient (Wildman–Crippen LogP) is 2.34. The Labute approximate surface area is 123 Å². The molecule has 1 heterocycles. The van der Waals surface area contributed by atoms with E-state index in [4.69, 9.17) is 0 Å². The van der Waals surface area contributed by atoms with E-state index in [0.717, 1.165) is 12.8 Å². The number of fused-ring (bicyclic) bond motifs is 1. The minimum Gasteiger partial charge on any atom is -0.504 e. The number of carbonyl (C=O) groups is 1. The van der Waals surface area contributed by atoms with Crippen molar-refractivity contribution >= 4 is 5.91 Å². The molecule has 4 nitrogen and oxygen atoms in total. The van der Waals surface area contributed by atoms with Gasteiger partial charge in [0, 0.05) is 18.7 Å². The number of carbonyl (C=O) groups excluding carboxylic acids is 1. The summed E-state index contributed by atoms with van der Waals surface area (Å²) >= 11 is 0. The van der Waals surface area contributed by atoms with Gasteiger partial charge in [0.1, 0.15) is 0 Å². The largest absolute Gasteiger partial charge is 0.504 e. The van der Waals surface area contributed by atoms with Crippen LogP contribution in [0.3, 0.4) is 0 Å². The Kier molecular flexibility index (Phi) is 3.52.